The van der Waals surface area contributed by atoms with Gasteiger partial charge >= 0.3 is 0 Å². The number of anilines is 1. The number of benzene rings is 1. The third-order valence-corrected chi connectivity index (χ3v) is 2.91. The van der Waals surface area contributed by atoms with Crippen LogP contribution in [0.5, 0.6) is 0 Å². The fraction of sp³-hybridized carbons (Fsp3) is 0.333. The molecule has 0 aromatic heterocycles. The molecule has 1 heterocycles. The van der Waals surface area contributed by atoms with Gasteiger partial charge in [-0.1, -0.05) is 11.6 Å². The maximum atomic E-state index is 11.8. The maximum absolute atomic E-state index is 11.8. The van der Waals surface area contributed by atoms with E-state index in [9.17, 15) is 4.79 Å². The average Bonchev–Trinajstić information content (AvgIpc) is 2.85. The Morgan fingerprint density at radius 1 is 1.59 bits per heavy atom. The van der Waals surface area contributed by atoms with Gasteiger partial charge in [-0.05, 0) is 31.0 Å². The lowest BCUT2D eigenvalue weighted by Crippen LogP contribution is -2.27. The molecule has 0 saturated carbocycles. The number of hydrogen-bond donors (Lipinski definition) is 1. The molecular weight excluding hydrogens is 240 g/mol. The van der Waals surface area contributed by atoms with Gasteiger partial charge in [0.15, 0.2) is 0 Å². The number of ether oxygens (including phenoxy) is 1. The summed E-state index contributed by atoms with van der Waals surface area (Å²) >= 11 is 5.94. The highest BCUT2D eigenvalue weighted by atomic mass is 35.5. The zero-order valence-electron chi connectivity index (χ0n) is 9.07. The van der Waals surface area contributed by atoms with Crippen LogP contribution in [0.4, 0.5) is 5.69 Å². The molecule has 1 aliphatic heterocycles. The summed E-state index contributed by atoms with van der Waals surface area (Å²) < 4.78 is 5.26. The largest absolute Gasteiger partial charge is 0.368 e. The van der Waals surface area contributed by atoms with E-state index in [1.807, 2.05) is 6.07 Å². The van der Waals surface area contributed by atoms with Gasteiger partial charge in [0.25, 0.3) is 5.91 Å². The fourth-order valence-electron chi connectivity index (χ4n) is 1.69. The Morgan fingerprint density at radius 3 is 3.06 bits per heavy atom. The molecule has 1 fully saturated rings. The van der Waals surface area contributed by atoms with Crippen LogP contribution in [0, 0.1) is 11.3 Å². The van der Waals surface area contributed by atoms with Crippen LogP contribution in [0.2, 0.25) is 5.02 Å². The molecule has 5 heteroatoms. The molecule has 17 heavy (non-hydrogen) atoms. The molecular formula is C12H11ClN2O2. The highest BCUT2D eigenvalue weighted by Gasteiger charge is 2.24. The van der Waals surface area contributed by atoms with E-state index in [-0.39, 0.29) is 5.91 Å². The lowest BCUT2D eigenvalue weighted by molar-refractivity contribution is -0.124. The van der Waals surface area contributed by atoms with Crippen LogP contribution in [0.15, 0.2) is 18.2 Å². The number of nitrogens with zero attached hydrogens (tertiary/aromatic N) is 1. The Bertz CT molecular complexity index is 476. The summed E-state index contributed by atoms with van der Waals surface area (Å²) in [4.78, 5) is 11.8. The first-order valence-electron chi connectivity index (χ1n) is 5.33. The molecule has 1 saturated heterocycles. The predicted octanol–water partition coefficient (Wildman–Crippen LogP) is 2.33. The van der Waals surface area contributed by atoms with Crippen LogP contribution in [-0.2, 0) is 9.53 Å². The first kappa shape index (κ1) is 11.9. The molecule has 0 aliphatic carbocycles. The second kappa shape index (κ2) is 5.17. The van der Waals surface area contributed by atoms with Crippen molar-refractivity contribution in [3.63, 3.8) is 0 Å². The van der Waals surface area contributed by atoms with Gasteiger partial charge in [0.2, 0.25) is 0 Å². The Hall–Kier alpha value is -1.57. The lowest BCUT2D eigenvalue weighted by Gasteiger charge is -2.11. The molecule has 1 aromatic carbocycles. The van der Waals surface area contributed by atoms with Crippen LogP contribution < -0.4 is 5.32 Å². The second-order valence-corrected chi connectivity index (χ2v) is 4.20. The monoisotopic (exact) mass is 250 g/mol. The third kappa shape index (κ3) is 2.76. The van der Waals surface area contributed by atoms with E-state index in [0.29, 0.717) is 22.9 Å². The standard InChI is InChI=1S/C12H11ClN2O2/c13-9-4-3-8(7-14)6-10(9)15-12(16)11-2-1-5-17-11/h3-4,6,11H,1-2,5H2,(H,15,16). The zero-order valence-corrected chi connectivity index (χ0v) is 9.83. The summed E-state index contributed by atoms with van der Waals surface area (Å²) in [6.07, 6.45) is 1.21. The van der Waals surface area contributed by atoms with E-state index in [1.165, 1.54) is 0 Å². The number of carbonyl (C=O) groups excluding carboxylic acids is 1. The van der Waals surface area contributed by atoms with Crippen molar-refractivity contribution in [3.8, 4) is 6.07 Å². The summed E-state index contributed by atoms with van der Waals surface area (Å²) in [7, 11) is 0. The molecule has 4 nitrogen and oxygen atoms in total. The van der Waals surface area contributed by atoms with Crippen molar-refractivity contribution in [2.24, 2.45) is 0 Å². The van der Waals surface area contributed by atoms with Crippen molar-refractivity contribution >= 4 is 23.2 Å². The fourth-order valence-corrected chi connectivity index (χ4v) is 1.85. The quantitative estimate of drug-likeness (QED) is 0.876. The third-order valence-electron chi connectivity index (χ3n) is 2.58. The SMILES string of the molecule is N#Cc1ccc(Cl)c(NC(=O)C2CCCO2)c1. The van der Waals surface area contributed by atoms with Crippen molar-refractivity contribution in [3.05, 3.63) is 28.8 Å². The first-order valence-corrected chi connectivity index (χ1v) is 5.70. The summed E-state index contributed by atoms with van der Waals surface area (Å²) in [6, 6.07) is 6.74. The van der Waals surface area contributed by atoms with Crippen LogP contribution >= 0.6 is 11.6 Å². The van der Waals surface area contributed by atoms with Gasteiger partial charge in [-0.3, -0.25) is 4.79 Å². The molecule has 1 aliphatic rings. The van der Waals surface area contributed by atoms with E-state index < -0.39 is 6.10 Å². The highest BCUT2D eigenvalue weighted by molar-refractivity contribution is 6.33. The molecule has 88 valence electrons. The number of amides is 1. The van der Waals surface area contributed by atoms with Gasteiger partial charge < -0.3 is 10.1 Å². The summed E-state index contributed by atoms with van der Waals surface area (Å²) in [6.45, 7) is 0.615. The van der Waals surface area contributed by atoms with Crippen LogP contribution in [0.25, 0.3) is 0 Å². The number of carbonyl (C=O) groups is 1. The number of nitrogens with one attached hydrogen (secondary N) is 1. The second-order valence-electron chi connectivity index (χ2n) is 3.80. The molecule has 0 spiro atoms. The van der Waals surface area contributed by atoms with Gasteiger partial charge in [0, 0.05) is 6.61 Å². The van der Waals surface area contributed by atoms with Gasteiger partial charge in [-0.25, -0.2) is 0 Å². The molecule has 1 aromatic rings. The normalized spacial score (nSPS) is 18.7. The average molecular weight is 251 g/mol. The number of hydrogen-bond acceptors (Lipinski definition) is 3. The molecule has 2 rings (SSSR count). The lowest BCUT2D eigenvalue weighted by atomic mass is 10.2. The highest BCUT2D eigenvalue weighted by Crippen LogP contribution is 2.24. The molecule has 0 bridgehead atoms. The molecule has 1 atom stereocenters. The van der Waals surface area contributed by atoms with Crippen molar-refractivity contribution in [1.29, 1.82) is 5.26 Å². The van der Waals surface area contributed by atoms with Gasteiger partial charge in [0.1, 0.15) is 6.10 Å². The smallest absolute Gasteiger partial charge is 0.253 e. The Morgan fingerprint density at radius 2 is 2.41 bits per heavy atom. The van der Waals surface area contributed by atoms with E-state index in [4.69, 9.17) is 21.6 Å². The topological polar surface area (TPSA) is 62.1 Å². The van der Waals surface area contributed by atoms with E-state index in [0.717, 1.165) is 12.8 Å². The minimum Gasteiger partial charge on any atom is -0.368 e. The Balaban J connectivity index is 2.12. The minimum atomic E-state index is -0.406. The summed E-state index contributed by atoms with van der Waals surface area (Å²) in [5.41, 5.74) is 0.906. The minimum absolute atomic E-state index is 0.209. The van der Waals surface area contributed by atoms with Crippen LogP contribution in [-0.4, -0.2) is 18.6 Å². The van der Waals surface area contributed by atoms with Crippen LogP contribution in [0.3, 0.4) is 0 Å². The summed E-state index contributed by atoms with van der Waals surface area (Å²) in [5.74, 6) is -0.209. The Labute approximate surface area is 104 Å². The maximum Gasteiger partial charge on any atom is 0.253 e. The van der Waals surface area contributed by atoms with E-state index >= 15 is 0 Å². The van der Waals surface area contributed by atoms with Crippen molar-refractivity contribution in [1.82, 2.24) is 0 Å². The molecule has 1 unspecified atom stereocenters. The van der Waals surface area contributed by atoms with Gasteiger partial charge in [-0.2, -0.15) is 5.26 Å². The van der Waals surface area contributed by atoms with Gasteiger partial charge in [-0.15, -0.1) is 0 Å². The van der Waals surface area contributed by atoms with Crippen molar-refractivity contribution in [2.45, 2.75) is 18.9 Å². The van der Waals surface area contributed by atoms with E-state index in [1.54, 1.807) is 18.2 Å². The summed E-state index contributed by atoms with van der Waals surface area (Å²) in [5, 5.41) is 11.9. The number of halogens is 1. The molecule has 1 amide bonds. The predicted molar refractivity (Wildman–Crippen MR) is 63.8 cm³/mol. The molecule has 0 radical (unpaired) electrons. The van der Waals surface area contributed by atoms with Gasteiger partial charge in [0.05, 0.1) is 22.3 Å². The zero-order chi connectivity index (χ0) is 12.3. The number of rotatable bonds is 2. The van der Waals surface area contributed by atoms with Crippen LogP contribution in [0.1, 0.15) is 18.4 Å². The van der Waals surface area contributed by atoms with Crippen molar-refractivity contribution in [2.75, 3.05) is 11.9 Å². The number of nitriles is 1. The first-order chi connectivity index (χ1) is 8.20. The van der Waals surface area contributed by atoms with E-state index in [2.05, 4.69) is 5.32 Å². The molecule has 1 N–H and O–H groups in total. The Kier molecular flexibility index (Phi) is 3.62. The van der Waals surface area contributed by atoms with Crippen molar-refractivity contribution < 1.29 is 9.53 Å².